The van der Waals surface area contributed by atoms with Crippen molar-refractivity contribution in [2.75, 3.05) is 6.54 Å². The minimum absolute atomic E-state index is 0.415. The first-order valence-corrected chi connectivity index (χ1v) is 7.63. The standard InChI is InChI=1S/C14H22ClN3O/c1-3-6-18-13(12(15)8-16-18)14(19)7-10(2)17(9-14)11-4-5-11/h8,10-11,19H,3-7,9H2,1-2H3. The number of likely N-dealkylation sites (tertiary alicyclic amines) is 1. The van der Waals surface area contributed by atoms with Gasteiger partial charge in [0, 0.05) is 25.2 Å². The molecule has 0 radical (unpaired) electrons. The quantitative estimate of drug-likeness (QED) is 0.922. The molecule has 19 heavy (non-hydrogen) atoms. The van der Waals surface area contributed by atoms with E-state index in [4.69, 9.17) is 11.6 Å². The molecule has 5 heteroatoms. The highest BCUT2D eigenvalue weighted by atomic mass is 35.5. The molecule has 1 saturated heterocycles. The molecular formula is C14H22ClN3O. The van der Waals surface area contributed by atoms with Crippen molar-refractivity contribution in [1.29, 1.82) is 0 Å². The topological polar surface area (TPSA) is 41.3 Å². The molecule has 2 aliphatic rings. The molecule has 0 spiro atoms. The van der Waals surface area contributed by atoms with Gasteiger partial charge in [-0.2, -0.15) is 5.10 Å². The van der Waals surface area contributed by atoms with E-state index in [9.17, 15) is 5.11 Å². The number of hydrogen-bond donors (Lipinski definition) is 1. The Morgan fingerprint density at radius 3 is 2.89 bits per heavy atom. The first-order chi connectivity index (χ1) is 9.05. The van der Waals surface area contributed by atoms with Gasteiger partial charge in [0.15, 0.2) is 0 Å². The zero-order valence-corrected chi connectivity index (χ0v) is 12.4. The van der Waals surface area contributed by atoms with Gasteiger partial charge in [-0.1, -0.05) is 18.5 Å². The fraction of sp³-hybridized carbons (Fsp3) is 0.786. The number of aryl methyl sites for hydroxylation is 1. The van der Waals surface area contributed by atoms with Crippen LogP contribution in [0.5, 0.6) is 0 Å². The van der Waals surface area contributed by atoms with Crippen LogP contribution >= 0.6 is 11.6 Å². The van der Waals surface area contributed by atoms with Gasteiger partial charge in [0.1, 0.15) is 5.60 Å². The molecule has 3 rings (SSSR count). The van der Waals surface area contributed by atoms with Crippen molar-refractivity contribution in [2.45, 2.75) is 63.8 Å². The number of halogens is 1. The maximum Gasteiger partial charge on any atom is 0.122 e. The number of β-amino-alcohol motifs (C(OH)–C–C–N with tert-alkyl or cyclic N) is 1. The summed E-state index contributed by atoms with van der Waals surface area (Å²) in [6.45, 7) is 5.80. The number of aromatic nitrogens is 2. The summed E-state index contributed by atoms with van der Waals surface area (Å²) < 4.78 is 1.88. The Balaban J connectivity index is 1.90. The van der Waals surface area contributed by atoms with Crippen molar-refractivity contribution < 1.29 is 5.11 Å². The molecule has 2 heterocycles. The Hall–Kier alpha value is -0.580. The van der Waals surface area contributed by atoms with E-state index in [1.165, 1.54) is 12.8 Å². The molecule has 2 atom stereocenters. The molecule has 1 N–H and O–H groups in total. The van der Waals surface area contributed by atoms with Crippen LogP contribution in [0, 0.1) is 0 Å². The van der Waals surface area contributed by atoms with Gasteiger partial charge in [-0.05, 0) is 32.6 Å². The fourth-order valence-corrected chi connectivity index (χ4v) is 3.72. The molecule has 1 aromatic heterocycles. The van der Waals surface area contributed by atoms with Crippen molar-refractivity contribution in [3.8, 4) is 0 Å². The van der Waals surface area contributed by atoms with Crippen molar-refractivity contribution >= 4 is 11.6 Å². The van der Waals surface area contributed by atoms with Crippen LogP contribution in [0.25, 0.3) is 0 Å². The summed E-state index contributed by atoms with van der Waals surface area (Å²) in [6, 6.07) is 1.09. The van der Waals surface area contributed by atoms with Gasteiger partial charge in [0.2, 0.25) is 0 Å². The van der Waals surface area contributed by atoms with Crippen LogP contribution in [0.2, 0.25) is 5.02 Å². The smallest absolute Gasteiger partial charge is 0.122 e. The predicted molar refractivity (Wildman–Crippen MR) is 75.2 cm³/mol. The Morgan fingerprint density at radius 2 is 2.26 bits per heavy atom. The van der Waals surface area contributed by atoms with Crippen molar-refractivity contribution in [3.63, 3.8) is 0 Å². The van der Waals surface area contributed by atoms with E-state index in [2.05, 4.69) is 23.8 Å². The van der Waals surface area contributed by atoms with E-state index in [0.29, 0.717) is 23.7 Å². The molecule has 1 aliphatic heterocycles. The van der Waals surface area contributed by atoms with E-state index in [1.807, 2.05) is 4.68 Å². The minimum Gasteiger partial charge on any atom is -0.382 e. The lowest BCUT2D eigenvalue weighted by molar-refractivity contribution is 0.0360. The van der Waals surface area contributed by atoms with Gasteiger partial charge in [-0.15, -0.1) is 0 Å². The third-order valence-electron chi connectivity index (χ3n) is 4.33. The lowest BCUT2D eigenvalue weighted by atomic mass is 9.96. The van der Waals surface area contributed by atoms with E-state index in [1.54, 1.807) is 6.20 Å². The zero-order valence-electron chi connectivity index (χ0n) is 11.6. The average molecular weight is 284 g/mol. The second-order valence-electron chi connectivity index (χ2n) is 6.05. The van der Waals surface area contributed by atoms with Crippen molar-refractivity contribution in [2.24, 2.45) is 0 Å². The van der Waals surface area contributed by atoms with Gasteiger partial charge in [0.25, 0.3) is 0 Å². The van der Waals surface area contributed by atoms with Gasteiger partial charge in [-0.3, -0.25) is 9.58 Å². The molecule has 1 aliphatic carbocycles. The molecule has 0 bridgehead atoms. The van der Waals surface area contributed by atoms with Crippen LogP contribution < -0.4 is 0 Å². The Labute approximate surface area is 119 Å². The van der Waals surface area contributed by atoms with Crippen LogP contribution in [-0.4, -0.2) is 38.4 Å². The van der Waals surface area contributed by atoms with Crippen LogP contribution in [0.3, 0.4) is 0 Å². The molecule has 1 aromatic rings. The molecule has 106 valence electrons. The van der Waals surface area contributed by atoms with Gasteiger partial charge in [0.05, 0.1) is 16.9 Å². The lowest BCUT2D eigenvalue weighted by Gasteiger charge is -2.25. The highest BCUT2D eigenvalue weighted by molar-refractivity contribution is 6.31. The molecule has 0 amide bonds. The fourth-order valence-electron chi connectivity index (χ4n) is 3.40. The normalized spacial score (nSPS) is 32.1. The first-order valence-electron chi connectivity index (χ1n) is 7.25. The summed E-state index contributed by atoms with van der Waals surface area (Å²) in [6.07, 6.45) is 5.93. The highest BCUT2D eigenvalue weighted by Crippen LogP contribution is 2.43. The van der Waals surface area contributed by atoms with E-state index < -0.39 is 5.60 Å². The second kappa shape index (κ2) is 4.76. The molecule has 0 aromatic carbocycles. The number of nitrogens with zero attached hydrogens (tertiary/aromatic N) is 3. The van der Waals surface area contributed by atoms with Crippen molar-refractivity contribution in [1.82, 2.24) is 14.7 Å². The maximum atomic E-state index is 11.1. The lowest BCUT2D eigenvalue weighted by Crippen LogP contribution is -2.35. The summed E-state index contributed by atoms with van der Waals surface area (Å²) in [5.74, 6) is 0. The van der Waals surface area contributed by atoms with E-state index in [-0.39, 0.29) is 0 Å². The largest absolute Gasteiger partial charge is 0.382 e. The molecule has 4 nitrogen and oxygen atoms in total. The molecular weight excluding hydrogens is 262 g/mol. The Bertz CT molecular complexity index is 471. The SMILES string of the molecule is CCCn1ncc(Cl)c1C1(O)CC(C)N(C2CC2)C1. The summed E-state index contributed by atoms with van der Waals surface area (Å²) in [7, 11) is 0. The Kier molecular flexibility index (Phi) is 3.36. The Morgan fingerprint density at radius 1 is 1.53 bits per heavy atom. The predicted octanol–water partition coefficient (Wildman–Crippen LogP) is 2.39. The number of aliphatic hydroxyl groups is 1. The van der Waals surface area contributed by atoms with Crippen LogP contribution in [0.4, 0.5) is 0 Å². The number of hydrogen-bond acceptors (Lipinski definition) is 3. The van der Waals surface area contributed by atoms with Crippen LogP contribution in [-0.2, 0) is 12.1 Å². The minimum atomic E-state index is -0.842. The van der Waals surface area contributed by atoms with Crippen LogP contribution in [0.15, 0.2) is 6.20 Å². The third kappa shape index (κ3) is 2.30. The number of rotatable bonds is 4. The van der Waals surface area contributed by atoms with E-state index >= 15 is 0 Å². The maximum absolute atomic E-state index is 11.1. The summed E-state index contributed by atoms with van der Waals surface area (Å²) in [5.41, 5.74) is -0.0314. The van der Waals surface area contributed by atoms with Gasteiger partial charge < -0.3 is 5.11 Å². The van der Waals surface area contributed by atoms with Crippen LogP contribution in [0.1, 0.15) is 45.2 Å². The summed E-state index contributed by atoms with van der Waals surface area (Å²) >= 11 is 6.28. The zero-order chi connectivity index (χ0) is 13.6. The highest BCUT2D eigenvalue weighted by Gasteiger charge is 2.49. The van der Waals surface area contributed by atoms with E-state index in [0.717, 1.165) is 25.1 Å². The van der Waals surface area contributed by atoms with Gasteiger partial charge >= 0.3 is 0 Å². The summed E-state index contributed by atoms with van der Waals surface area (Å²) in [4.78, 5) is 2.43. The monoisotopic (exact) mass is 283 g/mol. The molecule has 1 saturated carbocycles. The van der Waals surface area contributed by atoms with Crippen molar-refractivity contribution in [3.05, 3.63) is 16.9 Å². The first kappa shape index (κ1) is 13.4. The molecule has 2 fully saturated rings. The second-order valence-corrected chi connectivity index (χ2v) is 6.46. The average Bonchev–Trinajstić information content (AvgIpc) is 3.05. The third-order valence-corrected chi connectivity index (χ3v) is 4.61. The molecule has 2 unspecified atom stereocenters. The van der Waals surface area contributed by atoms with Gasteiger partial charge in [-0.25, -0.2) is 0 Å². The summed E-state index contributed by atoms with van der Waals surface area (Å²) in [5, 5.41) is 16.0.